The molecule has 0 aliphatic heterocycles. The van der Waals surface area contributed by atoms with Crippen molar-refractivity contribution in [1.82, 2.24) is 10.6 Å². The second kappa shape index (κ2) is 8.20. The molecule has 0 saturated heterocycles. The van der Waals surface area contributed by atoms with Gasteiger partial charge in [-0.1, -0.05) is 17.7 Å². The highest BCUT2D eigenvalue weighted by Gasteiger charge is 2.41. The summed E-state index contributed by atoms with van der Waals surface area (Å²) in [6.45, 7) is 6.68. The van der Waals surface area contributed by atoms with Crippen LogP contribution in [0.1, 0.15) is 30.9 Å². The quantitative estimate of drug-likeness (QED) is 0.505. The van der Waals surface area contributed by atoms with Gasteiger partial charge < -0.3 is 20.5 Å². The van der Waals surface area contributed by atoms with Crippen molar-refractivity contribution in [2.24, 2.45) is 10.4 Å². The van der Waals surface area contributed by atoms with E-state index in [0.29, 0.717) is 6.54 Å². The first-order chi connectivity index (χ1) is 11.1. The molecule has 128 valence electrons. The summed E-state index contributed by atoms with van der Waals surface area (Å²) in [5, 5.41) is 16.0. The van der Waals surface area contributed by atoms with Gasteiger partial charge in [-0.15, -0.1) is 0 Å². The Labute approximate surface area is 139 Å². The van der Waals surface area contributed by atoms with Gasteiger partial charge in [0, 0.05) is 18.5 Å². The fourth-order valence-electron chi connectivity index (χ4n) is 2.55. The van der Waals surface area contributed by atoms with E-state index in [2.05, 4.69) is 41.6 Å². The molecule has 0 amide bonds. The van der Waals surface area contributed by atoms with Crippen molar-refractivity contribution in [3.05, 3.63) is 29.3 Å². The average Bonchev–Trinajstić information content (AvgIpc) is 3.33. The summed E-state index contributed by atoms with van der Waals surface area (Å²) in [7, 11) is 1.71. The third-order valence-corrected chi connectivity index (χ3v) is 4.33. The summed E-state index contributed by atoms with van der Waals surface area (Å²) in [6, 6.07) is 6.24. The van der Waals surface area contributed by atoms with Gasteiger partial charge in [0.25, 0.3) is 0 Å². The van der Waals surface area contributed by atoms with E-state index in [4.69, 9.17) is 4.74 Å². The topological polar surface area (TPSA) is 65.9 Å². The van der Waals surface area contributed by atoms with Crippen LogP contribution < -0.4 is 15.4 Å². The van der Waals surface area contributed by atoms with Crippen LogP contribution in [-0.4, -0.2) is 44.4 Å². The summed E-state index contributed by atoms with van der Waals surface area (Å²) in [6.07, 6.45) is 3.03. The molecule has 1 aromatic carbocycles. The Balaban J connectivity index is 1.89. The van der Waals surface area contributed by atoms with Crippen molar-refractivity contribution in [2.45, 2.75) is 33.1 Å². The Morgan fingerprint density at radius 2 is 2.13 bits per heavy atom. The van der Waals surface area contributed by atoms with Crippen LogP contribution in [0, 0.1) is 12.3 Å². The maximum Gasteiger partial charge on any atom is 0.191 e. The fraction of sp³-hybridized carbons (Fsp3) is 0.611. The lowest BCUT2D eigenvalue weighted by Gasteiger charge is -2.15. The lowest BCUT2D eigenvalue weighted by atomic mass is 10.1. The molecule has 2 rings (SSSR count). The molecule has 0 radical (unpaired) electrons. The molecular weight excluding hydrogens is 290 g/mol. The summed E-state index contributed by atoms with van der Waals surface area (Å²) < 4.78 is 5.42. The van der Waals surface area contributed by atoms with Gasteiger partial charge in [0.05, 0.1) is 20.3 Å². The van der Waals surface area contributed by atoms with Gasteiger partial charge in [0.2, 0.25) is 0 Å². The Kier molecular flexibility index (Phi) is 6.28. The number of guanidine groups is 1. The number of aliphatic hydroxyl groups excluding tert-OH is 1. The van der Waals surface area contributed by atoms with Crippen LogP contribution in [0.15, 0.2) is 23.2 Å². The largest absolute Gasteiger partial charge is 0.496 e. The third kappa shape index (κ3) is 5.13. The molecule has 1 fully saturated rings. The van der Waals surface area contributed by atoms with Gasteiger partial charge in [-0.05, 0) is 44.7 Å². The molecule has 1 aromatic rings. The first kappa shape index (κ1) is 17.6. The van der Waals surface area contributed by atoms with E-state index in [0.717, 1.165) is 44.1 Å². The van der Waals surface area contributed by atoms with Gasteiger partial charge in [-0.3, -0.25) is 4.99 Å². The number of nitrogens with one attached hydrogen (secondary N) is 2. The highest BCUT2D eigenvalue weighted by Crippen LogP contribution is 2.45. The molecule has 1 saturated carbocycles. The molecule has 0 aromatic heterocycles. The van der Waals surface area contributed by atoms with E-state index in [9.17, 15) is 5.11 Å². The Morgan fingerprint density at radius 3 is 2.74 bits per heavy atom. The number of methoxy groups -OCH3 is 1. The number of hydrogen-bond acceptors (Lipinski definition) is 3. The van der Waals surface area contributed by atoms with Gasteiger partial charge in [-0.2, -0.15) is 0 Å². The molecule has 0 bridgehead atoms. The number of ether oxygens (including phenoxy) is 1. The molecule has 0 atom stereocenters. The fourth-order valence-corrected chi connectivity index (χ4v) is 2.55. The Morgan fingerprint density at radius 1 is 1.35 bits per heavy atom. The lowest BCUT2D eigenvalue weighted by Crippen LogP contribution is -2.39. The number of aliphatic imine (C=N–C) groups is 1. The number of benzene rings is 1. The normalized spacial score (nSPS) is 16.1. The zero-order chi connectivity index (χ0) is 16.7. The number of aryl methyl sites for hydroxylation is 1. The smallest absolute Gasteiger partial charge is 0.191 e. The lowest BCUT2D eigenvalue weighted by molar-refractivity contribution is 0.217. The predicted molar refractivity (Wildman–Crippen MR) is 94.2 cm³/mol. The molecule has 0 heterocycles. The average molecular weight is 319 g/mol. The van der Waals surface area contributed by atoms with Crippen LogP contribution in [0.2, 0.25) is 0 Å². The summed E-state index contributed by atoms with van der Waals surface area (Å²) in [4.78, 5) is 4.61. The van der Waals surface area contributed by atoms with Crippen molar-refractivity contribution in [3.8, 4) is 5.75 Å². The van der Waals surface area contributed by atoms with Gasteiger partial charge >= 0.3 is 0 Å². The molecule has 5 heteroatoms. The van der Waals surface area contributed by atoms with Crippen LogP contribution in [0.5, 0.6) is 5.75 Å². The summed E-state index contributed by atoms with van der Waals surface area (Å²) in [5.74, 6) is 1.75. The molecule has 23 heavy (non-hydrogen) atoms. The van der Waals surface area contributed by atoms with Crippen LogP contribution >= 0.6 is 0 Å². The molecule has 1 aliphatic rings. The SMILES string of the molecule is CCNC(=NCC1(CO)CC1)NCCc1cc(C)ccc1OC. The maximum absolute atomic E-state index is 9.38. The van der Waals surface area contributed by atoms with Gasteiger partial charge in [0.1, 0.15) is 5.75 Å². The van der Waals surface area contributed by atoms with Crippen LogP contribution in [0.4, 0.5) is 0 Å². The standard InChI is InChI=1S/C18H29N3O2/c1-4-19-17(21-12-18(13-22)8-9-18)20-10-7-15-11-14(2)5-6-16(15)23-3/h5-6,11,22H,4,7-10,12-13H2,1-3H3,(H2,19,20,21). The zero-order valence-corrected chi connectivity index (χ0v) is 14.5. The minimum Gasteiger partial charge on any atom is -0.496 e. The predicted octanol–water partition coefficient (Wildman–Crippen LogP) is 1.87. The van der Waals surface area contributed by atoms with E-state index in [-0.39, 0.29) is 12.0 Å². The number of aliphatic hydroxyl groups is 1. The third-order valence-electron chi connectivity index (χ3n) is 4.33. The second-order valence-electron chi connectivity index (χ2n) is 6.35. The maximum atomic E-state index is 9.38. The summed E-state index contributed by atoms with van der Waals surface area (Å²) in [5.41, 5.74) is 2.48. The van der Waals surface area contributed by atoms with E-state index in [1.54, 1.807) is 7.11 Å². The minimum atomic E-state index is 0.0438. The van der Waals surface area contributed by atoms with E-state index in [1.807, 2.05) is 6.07 Å². The van der Waals surface area contributed by atoms with Gasteiger partial charge in [0.15, 0.2) is 5.96 Å². The minimum absolute atomic E-state index is 0.0438. The van der Waals surface area contributed by atoms with Crippen LogP contribution in [0.25, 0.3) is 0 Å². The number of nitrogens with zero attached hydrogens (tertiary/aromatic N) is 1. The Hall–Kier alpha value is -1.75. The van der Waals surface area contributed by atoms with E-state index in [1.165, 1.54) is 11.1 Å². The number of hydrogen-bond donors (Lipinski definition) is 3. The van der Waals surface area contributed by atoms with E-state index >= 15 is 0 Å². The molecule has 3 N–H and O–H groups in total. The molecule has 5 nitrogen and oxygen atoms in total. The van der Waals surface area contributed by atoms with Crippen LogP contribution in [0.3, 0.4) is 0 Å². The molecule has 0 unspecified atom stereocenters. The van der Waals surface area contributed by atoms with Crippen molar-refractivity contribution in [3.63, 3.8) is 0 Å². The first-order valence-electron chi connectivity index (χ1n) is 8.39. The van der Waals surface area contributed by atoms with Crippen molar-refractivity contribution >= 4 is 5.96 Å². The van der Waals surface area contributed by atoms with E-state index < -0.39 is 0 Å². The van der Waals surface area contributed by atoms with Crippen molar-refractivity contribution < 1.29 is 9.84 Å². The van der Waals surface area contributed by atoms with Crippen molar-refractivity contribution in [2.75, 3.05) is 33.4 Å². The highest BCUT2D eigenvalue weighted by atomic mass is 16.5. The summed E-state index contributed by atoms with van der Waals surface area (Å²) >= 11 is 0. The molecular formula is C18H29N3O2. The first-order valence-corrected chi connectivity index (χ1v) is 8.39. The second-order valence-corrected chi connectivity index (χ2v) is 6.35. The molecule has 0 spiro atoms. The molecule has 1 aliphatic carbocycles. The number of rotatable bonds is 8. The zero-order valence-electron chi connectivity index (χ0n) is 14.5. The van der Waals surface area contributed by atoms with Crippen molar-refractivity contribution in [1.29, 1.82) is 0 Å². The monoisotopic (exact) mass is 319 g/mol. The van der Waals surface area contributed by atoms with Crippen LogP contribution in [-0.2, 0) is 6.42 Å². The Bertz CT molecular complexity index is 539. The highest BCUT2D eigenvalue weighted by molar-refractivity contribution is 5.79. The van der Waals surface area contributed by atoms with Gasteiger partial charge in [-0.25, -0.2) is 0 Å².